The van der Waals surface area contributed by atoms with Crippen molar-refractivity contribution in [1.82, 2.24) is 15.5 Å². The van der Waals surface area contributed by atoms with Gasteiger partial charge < -0.3 is 15.1 Å². The van der Waals surface area contributed by atoms with Crippen molar-refractivity contribution in [2.75, 3.05) is 32.7 Å². The van der Waals surface area contributed by atoms with Gasteiger partial charge in [-0.3, -0.25) is 9.89 Å². The number of aliphatic imine (C=N–C) groups is 1. The van der Waals surface area contributed by atoms with Crippen LogP contribution in [0.2, 0.25) is 0 Å². The number of hydrogen-bond donors (Lipinski definition) is 2. The molecule has 1 saturated heterocycles. The van der Waals surface area contributed by atoms with Crippen LogP contribution in [0.4, 0.5) is 0 Å². The van der Waals surface area contributed by atoms with Crippen molar-refractivity contribution < 1.29 is 4.42 Å². The molecule has 0 aromatic carbocycles. The van der Waals surface area contributed by atoms with Crippen LogP contribution in [0.15, 0.2) is 39.1 Å². The summed E-state index contributed by atoms with van der Waals surface area (Å²) in [7, 11) is 0. The summed E-state index contributed by atoms with van der Waals surface area (Å²) in [6.45, 7) is 8.82. The molecule has 0 radical (unpaired) electrons. The number of guanidine groups is 1. The third-order valence-electron chi connectivity index (χ3n) is 4.68. The Labute approximate surface area is 160 Å². The van der Waals surface area contributed by atoms with E-state index in [0.29, 0.717) is 6.54 Å². The third kappa shape index (κ3) is 5.35. The van der Waals surface area contributed by atoms with Crippen LogP contribution >= 0.6 is 11.3 Å². The minimum absolute atomic E-state index is 0.221. The van der Waals surface area contributed by atoms with E-state index in [9.17, 15) is 0 Å². The number of rotatable bonds is 8. The van der Waals surface area contributed by atoms with Crippen molar-refractivity contribution in [3.8, 4) is 0 Å². The van der Waals surface area contributed by atoms with Crippen LogP contribution in [-0.2, 0) is 6.42 Å². The molecular formula is C20H30N4OS. The van der Waals surface area contributed by atoms with E-state index in [-0.39, 0.29) is 6.04 Å². The summed E-state index contributed by atoms with van der Waals surface area (Å²) in [5.74, 6) is 2.88. The molecule has 1 atom stereocenters. The molecule has 0 saturated carbocycles. The van der Waals surface area contributed by atoms with Crippen molar-refractivity contribution in [2.24, 2.45) is 4.99 Å². The number of furan rings is 1. The monoisotopic (exact) mass is 374 g/mol. The Balaban J connectivity index is 1.62. The Hall–Kier alpha value is -1.79. The highest BCUT2D eigenvalue weighted by atomic mass is 32.1. The lowest BCUT2D eigenvalue weighted by atomic mass is 10.2. The lowest BCUT2D eigenvalue weighted by molar-refractivity contribution is 0.219. The largest absolute Gasteiger partial charge is 0.465 e. The molecule has 1 fully saturated rings. The second-order valence-electron chi connectivity index (χ2n) is 6.68. The average Bonchev–Trinajstić information content (AvgIpc) is 3.38. The molecule has 1 aliphatic heterocycles. The van der Waals surface area contributed by atoms with Crippen LogP contribution in [0.3, 0.4) is 0 Å². The number of hydrogen-bond acceptors (Lipinski definition) is 4. The van der Waals surface area contributed by atoms with Crippen LogP contribution in [0.1, 0.15) is 42.2 Å². The first-order valence-corrected chi connectivity index (χ1v) is 10.5. The smallest absolute Gasteiger partial charge is 0.191 e. The van der Waals surface area contributed by atoms with Crippen molar-refractivity contribution in [1.29, 1.82) is 0 Å². The number of likely N-dealkylation sites (tertiary alicyclic amines) is 1. The molecule has 0 amide bonds. The molecule has 2 aromatic heterocycles. The lowest BCUT2D eigenvalue weighted by Crippen LogP contribution is -2.39. The average molecular weight is 375 g/mol. The minimum Gasteiger partial charge on any atom is -0.465 e. The zero-order valence-electron chi connectivity index (χ0n) is 15.8. The van der Waals surface area contributed by atoms with E-state index in [1.807, 2.05) is 13.0 Å². The predicted molar refractivity (Wildman–Crippen MR) is 109 cm³/mol. The summed E-state index contributed by atoms with van der Waals surface area (Å²) in [4.78, 5) is 8.75. The SMILES string of the molecule is CCNC(=NCC(c1ccc(C)o1)N1CCCC1)NCCc1cccs1. The molecule has 2 N–H and O–H groups in total. The maximum atomic E-state index is 5.93. The highest BCUT2D eigenvalue weighted by Crippen LogP contribution is 2.26. The zero-order chi connectivity index (χ0) is 18.2. The summed E-state index contributed by atoms with van der Waals surface area (Å²) in [5, 5.41) is 8.94. The van der Waals surface area contributed by atoms with E-state index in [1.165, 1.54) is 17.7 Å². The van der Waals surface area contributed by atoms with Gasteiger partial charge in [0.2, 0.25) is 0 Å². The standard InChI is InChI=1S/C20H30N4OS/c1-3-21-20(22-11-10-17-7-6-14-26-17)23-15-18(24-12-4-5-13-24)19-9-8-16(2)25-19/h6-9,14,18H,3-5,10-13,15H2,1-2H3,(H2,21,22,23). The molecule has 3 heterocycles. The van der Waals surface area contributed by atoms with E-state index in [4.69, 9.17) is 9.41 Å². The summed E-state index contributed by atoms with van der Waals surface area (Å²) < 4.78 is 5.93. The van der Waals surface area contributed by atoms with Gasteiger partial charge in [0.05, 0.1) is 12.6 Å². The maximum absolute atomic E-state index is 5.93. The Kier molecular flexibility index (Phi) is 7.14. The Morgan fingerprint density at radius 3 is 2.77 bits per heavy atom. The summed E-state index contributed by atoms with van der Waals surface area (Å²) >= 11 is 1.80. The molecular weight excluding hydrogens is 344 g/mol. The number of nitrogens with zero attached hydrogens (tertiary/aromatic N) is 2. The molecule has 5 nitrogen and oxygen atoms in total. The normalized spacial score (nSPS) is 16.8. The van der Waals surface area contributed by atoms with Crippen LogP contribution in [0.25, 0.3) is 0 Å². The maximum Gasteiger partial charge on any atom is 0.191 e. The van der Waals surface area contributed by atoms with Crippen molar-refractivity contribution in [3.63, 3.8) is 0 Å². The first-order valence-electron chi connectivity index (χ1n) is 9.61. The molecule has 3 rings (SSSR count). The van der Waals surface area contributed by atoms with Gasteiger partial charge in [0.1, 0.15) is 11.5 Å². The Bertz CT molecular complexity index is 674. The molecule has 1 unspecified atom stereocenters. The van der Waals surface area contributed by atoms with E-state index < -0.39 is 0 Å². The van der Waals surface area contributed by atoms with E-state index in [2.05, 4.69) is 46.0 Å². The third-order valence-corrected chi connectivity index (χ3v) is 5.62. The van der Waals surface area contributed by atoms with Crippen molar-refractivity contribution >= 4 is 17.3 Å². The summed E-state index contributed by atoms with van der Waals surface area (Å²) in [5.41, 5.74) is 0. The van der Waals surface area contributed by atoms with E-state index in [0.717, 1.165) is 50.1 Å². The van der Waals surface area contributed by atoms with Crippen LogP contribution in [0, 0.1) is 6.92 Å². The van der Waals surface area contributed by atoms with Crippen molar-refractivity contribution in [3.05, 3.63) is 46.0 Å². The quantitative estimate of drug-likeness (QED) is 0.548. The molecule has 6 heteroatoms. The van der Waals surface area contributed by atoms with Crippen molar-refractivity contribution in [2.45, 2.75) is 39.2 Å². The van der Waals surface area contributed by atoms with Gasteiger partial charge in [-0.1, -0.05) is 6.07 Å². The lowest BCUT2D eigenvalue weighted by Gasteiger charge is -2.24. The van der Waals surface area contributed by atoms with Gasteiger partial charge in [-0.05, 0) is 69.8 Å². The van der Waals surface area contributed by atoms with Gasteiger partial charge in [-0.2, -0.15) is 0 Å². The highest BCUT2D eigenvalue weighted by Gasteiger charge is 2.25. The van der Waals surface area contributed by atoms with Gasteiger partial charge in [0.25, 0.3) is 0 Å². The Morgan fingerprint density at radius 2 is 2.12 bits per heavy atom. The molecule has 0 bridgehead atoms. The second-order valence-corrected chi connectivity index (χ2v) is 7.72. The van der Waals surface area contributed by atoms with Gasteiger partial charge in [-0.15, -0.1) is 11.3 Å². The molecule has 2 aromatic rings. The molecule has 26 heavy (non-hydrogen) atoms. The van der Waals surface area contributed by atoms with Crippen LogP contribution < -0.4 is 10.6 Å². The molecule has 0 spiro atoms. The van der Waals surface area contributed by atoms with Gasteiger partial charge >= 0.3 is 0 Å². The first-order chi connectivity index (χ1) is 12.8. The fourth-order valence-corrected chi connectivity index (χ4v) is 4.06. The van der Waals surface area contributed by atoms with Gasteiger partial charge in [-0.25, -0.2) is 0 Å². The molecule has 142 valence electrons. The van der Waals surface area contributed by atoms with Crippen LogP contribution in [0.5, 0.6) is 0 Å². The predicted octanol–water partition coefficient (Wildman–Crippen LogP) is 3.58. The first kappa shape index (κ1) is 19.0. The highest BCUT2D eigenvalue weighted by molar-refractivity contribution is 7.09. The van der Waals surface area contributed by atoms with E-state index >= 15 is 0 Å². The van der Waals surface area contributed by atoms with Crippen LogP contribution in [-0.4, -0.2) is 43.6 Å². The number of aryl methyl sites for hydroxylation is 1. The topological polar surface area (TPSA) is 52.8 Å². The summed E-state index contributed by atoms with van der Waals surface area (Å²) in [6, 6.07) is 8.65. The second kappa shape index (κ2) is 9.78. The molecule has 1 aliphatic rings. The fourth-order valence-electron chi connectivity index (χ4n) is 3.35. The van der Waals surface area contributed by atoms with Gasteiger partial charge in [0.15, 0.2) is 5.96 Å². The number of nitrogens with one attached hydrogen (secondary N) is 2. The van der Waals surface area contributed by atoms with Gasteiger partial charge in [0, 0.05) is 18.0 Å². The minimum atomic E-state index is 0.221. The summed E-state index contributed by atoms with van der Waals surface area (Å²) in [6.07, 6.45) is 3.55. The fraction of sp³-hybridized carbons (Fsp3) is 0.550. The number of thiophene rings is 1. The zero-order valence-corrected chi connectivity index (χ0v) is 16.6. The van der Waals surface area contributed by atoms with E-state index in [1.54, 1.807) is 11.3 Å². The Morgan fingerprint density at radius 1 is 1.27 bits per heavy atom. The molecule has 0 aliphatic carbocycles.